The summed E-state index contributed by atoms with van der Waals surface area (Å²) in [4.78, 5) is 0. The molecule has 0 aliphatic carbocycles. The fourth-order valence-corrected chi connectivity index (χ4v) is 2.06. The fourth-order valence-electron chi connectivity index (χ4n) is 1.88. The average molecular weight is 251 g/mol. The molecule has 0 unspecified atom stereocenters. The summed E-state index contributed by atoms with van der Waals surface area (Å²) in [5.74, 6) is 1.66. The minimum Gasteiger partial charge on any atom is -0.398 e. The van der Waals surface area contributed by atoms with Crippen molar-refractivity contribution in [2.45, 2.75) is 13.2 Å². The summed E-state index contributed by atoms with van der Waals surface area (Å²) in [6, 6.07) is 5.48. The molecule has 0 amide bonds. The Balaban J connectivity index is 2.09. The van der Waals surface area contributed by atoms with Crippen LogP contribution in [0.15, 0.2) is 18.2 Å². The van der Waals surface area contributed by atoms with Crippen molar-refractivity contribution in [1.29, 1.82) is 0 Å². The number of fused-ring (bicyclic) bond motifs is 1. The van der Waals surface area contributed by atoms with E-state index in [9.17, 15) is 0 Å². The normalized spacial score (nSPS) is 14.6. The number of nitrogen functional groups attached to an aromatic ring is 1. The second-order valence-corrected chi connectivity index (χ2v) is 4.29. The standard InChI is InChI=1S/C11H11ClN4O/c12-8-5-7(1-2-9(8)13)11-15-14-10-6-17-4-3-16(10)11/h1-2,5H,3-4,6,13H2. The molecular formula is C11H11ClN4O. The number of hydrogen-bond donors (Lipinski definition) is 1. The van der Waals surface area contributed by atoms with Gasteiger partial charge >= 0.3 is 0 Å². The van der Waals surface area contributed by atoms with Crippen LogP contribution in [-0.4, -0.2) is 21.4 Å². The van der Waals surface area contributed by atoms with Crippen molar-refractivity contribution in [2.24, 2.45) is 0 Å². The summed E-state index contributed by atoms with van der Waals surface area (Å²) in [6.07, 6.45) is 0. The smallest absolute Gasteiger partial charge is 0.164 e. The molecule has 1 aliphatic heterocycles. The van der Waals surface area contributed by atoms with Crippen LogP contribution >= 0.6 is 11.6 Å². The van der Waals surface area contributed by atoms with Gasteiger partial charge in [0, 0.05) is 12.1 Å². The van der Waals surface area contributed by atoms with E-state index in [1.807, 2.05) is 16.7 Å². The monoisotopic (exact) mass is 250 g/mol. The van der Waals surface area contributed by atoms with E-state index in [1.165, 1.54) is 0 Å². The topological polar surface area (TPSA) is 66.0 Å². The highest BCUT2D eigenvalue weighted by molar-refractivity contribution is 6.33. The maximum absolute atomic E-state index is 6.01. The lowest BCUT2D eigenvalue weighted by Crippen LogP contribution is -2.17. The molecule has 3 rings (SSSR count). The van der Waals surface area contributed by atoms with Gasteiger partial charge in [0.2, 0.25) is 0 Å². The summed E-state index contributed by atoms with van der Waals surface area (Å²) in [5, 5.41) is 8.81. The van der Waals surface area contributed by atoms with E-state index in [-0.39, 0.29) is 0 Å². The van der Waals surface area contributed by atoms with Gasteiger partial charge in [-0.15, -0.1) is 10.2 Å². The number of nitrogens with zero attached hydrogens (tertiary/aromatic N) is 3. The van der Waals surface area contributed by atoms with Crippen molar-refractivity contribution < 1.29 is 4.74 Å². The van der Waals surface area contributed by atoms with Crippen molar-refractivity contribution in [3.63, 3.8) is 0 Å². The van der Waals surface area contributed by atoms with E-state index in [2.05, 4.69) is 10.2 Å². The third kappa shape index (κ3) is 1.77. The van der Waals surface area contributed by atoms with Gasteiger partial charge in [-0.2, -0.15) is 0 Å². The minimum absolute atomic E-state index is 0.510. The quantitative estimate of drug-likeness (QED) is 0.783. The summed E-state index contributed by atoms with van der Waals surface area (Å²) in [7, 11) is 0. The van der Waals surface area contributed by atoms with Crippen molar-refractivity contribution in [3.8, 4) is 11.4 Å². The molecule has 0 atom stereocenters. The van der Waals surface area contributed by atoms with E-state index in [0.29, 0.717) is 23.9 Å². The Kier molecular flexibility index (Phi) is 2.49. The first-order valence-corrected chi connectivity index (χ1v) is 5.69. The number of ether oxygens (including phenoxy) is 1. The molecular weight excluding hydrogens is 240 g/mol. The van der Waals surface area contributed by atoms with Crippen LogP contribution in [0.3, 0.4) is 0 Å². The molecule has 0 saturated carbocycles. The van der Waals surface area contributed by atoms with E-state index >= 15 is 0 Å². The molecule has 17 heavy (non-hydrogen) atoms. The Morgan fingerprint density at radius 2 is 2.24 bits per heavy atom. The number of benzene rings is 1. The Morgan fingerprint density at radius 1 is 1.35 bits per heavy atom. The molecule has 88 valence electrons. The highest BCUT2D eigenvalue weighted by Gasteiger charge is 2.17. The molecule has 6 heteroatoms. The van der Waals surface area contributed by atoms with Crippen LogP contribution in [0.5, 0.6) is 0 Å². The number of nitrogens with two attached hydrogens (primary N) is 1. The lowest BCUT2D eigenvalue weighted by molar-refractivity contribution is 0.0821. The average Bonchev–Trinajstić information content (AvgIpc) is 2.76. The van der Waals surface area contributed by atoms with Crippen LogP contribution in [0.2, 0.25) is 5.02 Å². The van der Waals surface area contributed by atoms with Crippen LogP contribution in [-0.2, 0) is 17.9 Å². The van der Waals surface area contributed by atoms with Crippen molar-refractivity contribution in [3.05, 3.63) is 29.0 Å². The molecule has 1 aromatic carbocycles. The summed E-state index contributed by atoms with van der Waals surface area (Å²) < 4.78 is 7.37. The second-order valence-electron chi connectivity index (χ2n) is 3.88. The molecule has 2 heterocycles. The SMILES string of the molecule is Nc1ccc(-c2nnc3n2CCOC3)cc1Cl. The van der Waals surface area contributed by atoms with Gasteiger partial charge < -0.3 is 15.0 Å². The zero-order chi connectivity index (χ0) is 11.8. The maximum Gasteiger partial charge on any atom is 0.164 e. The van der Waals surface area contributed by atoms with Gasteiger partial charge in [-0.1, -0.05) is 11.6 Å². The molecule has 0 saturated heterocycles. The van der Waals surface area contributed by atoms with Crippen molar-refractivity contribution in [1.82, 2.24) is 14.8 Å². The zero-order valence-corrected chi connectivity index (χ0v) is 9.81. The zero-order valence-electron chi connectivity index (χ0n) is 9.06. The first kappa shape index (κ1) is 10.6. The van der Waals surface area contributed by atoms with Crippen molar-refractivity contribution >= 4 is 17.3 Å². The number of anilines is 1. The van der Waals surface area contributed by atoms with E-state index < -0.39 is 0 Å². The van der Waals surface area contributed by atoms with E-state index in [1.54, 1.807) is 6.07 Å². The Labute approximate surface area is 103 Å². The van der Waals surface area contributed by atoms with Crippen LogP contribution in [0.1, 0.15) is 5.82 Å². The lowest BCUT2D eigenvalue weighted by Gasteiger charge is -2.15. The van der Waals surface area contributed by atoms with Crippen molar-refractivity contribution in [2.75, 3.05) is 12.3 Å². The molecule has 5 nitrogen and oxygen atoms in total. The lowest BCUT2D eigenvalue weighted by atomic mass is 10.2. The molecule has 0 fully saturated rings. The van der Waals surface area contributed by atoms with Crippen LogP contribution in [0.4, 0.5) is 5.69 Å². The minimum atomic E-state index is 0.510. The van der Waals surface area contributed by atoms with Gasteiger partial charge in [0.1, 0.15) is 6.61 Å². The van der Waals surface area contributed by atoms with Gasteiger partial charge in [-0.25, -0.2) is 0 Å². The number of aromatic nitrogens is 3. The Morgan fingerprint density at radius 3 is 3.06 bits per heavy atom. The third-order valence-corrected chi connectivity index (χ3v) is 3.10. The molecule has 0 radical (unpaired) electrons. The largest absolute Gasteiger partial charge is 0.398 e. The first-order chi connectivity index (χ1) is 8.25. The predicted molar refractivity (Wildman–Crippen MR) is 64.5 cm³/mol. The number of halogens is 1. The molecule has 1 aliphatic rings. The predicted octanol–water partition coefficient (Wildman–Crippen LogP) is 1.71. The van der Waals surface area contributed by atoms with Crippen LogP contribution < -0.4 is 5.73 Å². The summed E-state index contributed by atoms with van der Waals surface area (Å²) in [6.45, 7) is 1.95. The molecule has 2 N–H and O–H groups in total. The molecule has 0 bridgehead atoms. The highest BCUT2D eigenvalue weighted by atomic mass is 35.5. The molecule has 2 aromatic rings. The van der Waals surface area contributed by atoms with Gasteiger partial charge in [-0.3, -0.25) is 0 Å². The highest BCUT2D eigenvalue weighted by Crippen LogP contribution is 2.27. The summed E-state index contributed by atoms with van der Waals surface area (Å²) in [5.41, 5.74) is 7.17. The maximum atomic E-state index is 6.01. The van der Waals surface area contributed by atoms with E-state index in [0.717, 1.165) is 23.8 Å². The molecule has 0 spiro atoms. The Hall–Kier alpha value is -1.59. The number of hydrogen-bond acceptors (Lipinski definition) is 4. The first-order valence-electron chi connectivity index (χ1n) is 5.31. The van der Waals surface area contributed by atoms with Crippen LogP contribution in [0, 0.1) is 0 Å². The molecule has 1 aromatic heterocycles. The van der Waals surface area contributed by atoms with Crippen LogP contribution in [0.25, 0.3) is 11.4 Å². The number of rotatable bonds is 1. The Bertz CT molecular complexity index is 567. The van der Waals surface area contributed by atoms with Gasteiger partial charge in [0.15, 0.2) is 11.6 Å². The van der Waals surface area contributed by atoms with Gasteiger partial charge in [-0.05, 0) is 18.2 Å². The second kappa shape index (κ2) is 4.01. The fraction of sp³-hybridized carbons (Fsp3) is 0.273. The van der Waals surface area contributed by atoms with Gasteiger partial charge in [0.25, 0.3) is 0 Å². The van der Waals surface area contributed by atoms with E-state index in [4.69, 9.17) is 22.1 Å². The summed E-state index contributed by atoms with van der Waals surface area (Å²) >= 11 is 6.01. The third-order valence-electron chi connectivity index (χ3n) is 2.78. The van der Waals surface area contributed by atoms with Gasteiger partial charge in [0.05, 0.1) is 17.3 Å².